The van der Waals surface area contributed by atoms with Gasteiger partial charge >= 0.3 is 0 Å². The van der Waals surface area contributed by atoms with Gasteiger partial charge in [-0.25, -0.2) is 0 Å². The highest BCUT2D eigenvalue weighted by Crippen LogP contribution is 2.31. The predicted molar refractivity (Wildman–Crippen MR) is 55.9 cm³/mol. The zero-order valence-electron chi connectivity index (χ0n) is 6.87. The molecule has 13 heavy (non-hydrogen) atoms. The normalized spacial score (nSPS) is 9.69. The van der Waals surface area contributed by atoms with Crippen LogP contribution in [0.25, 0.3) is 0 Å². The fraction of sp³-hybridized carbons (Fsp3) is 0.125. The number of amides is 1. The van der Waals surface area contributed by atoms with Gasteiger partial charge in [0.05, 0.1) is 16.2 Å². The van der Waals surface area contributed by atoms with Crippen molar-refractivity contribution in [3.05, 3.63) is 21.3 Å². The smallest absolute Gasteiger partial charge is 0.252 e. The van der Waals surface area contributed by atoms with Crippen LogP contribution in [0.4, 0.5) is 0 Å². The Morgan fingerprint density at radius 2 is 2.23 bits per heavy atom. The number of halogens is 1. The van der Waals surface area contributed by atoms with Crippen molar-refractivity contribution in [1.82, 2.24) is 0 Å². The molecule has 1 rings (SSSR count). The van der Waals surface area contributed by atoms with Crippen LogP contribution in [-0.4, -0.2) is 18.1 Å². The average molecular weight is 293 g/mol. The topological polar surface area (TPSA) is 72.5 Å². The molecule has 0 heterocycles. The predicted octanol–water partition coefficient (Wildman–Crippen LogP) is 1.10. The van der Waals surface area contributed by atoms with E-state index in [4.69, 9.17) is 10.5 Å². The minimum atomic E-state index is -0.655. The Labute approximate surface area is 88.8 Å². The van der Waals surface area contributed by atoms with Crippen molar-refractivity contribution in [3.63, 3.8) is 0 Å². The first-order chi connectivity index (χ1) is 6.07. The van der Waals surface area contributed by atoms with Crippen molar-refractivity contribution < 1.29 is 14.6 Å². The molecular weight excluding hydrogens is 285 g/mol. The van der Waals surface area contributed by atoms with Gasteiger partial charge in [0, 0.05) is 0 Å². The molecule has 70 valence electrons. The van der Waals surface area contributed by atoms with Crippen molar-refractivity contribution >= 4 is 28.5 Å². The highest BCUT2D eigenvalue weighted by Gasteiger charge is 2.13. The summed E-state index contributed by atoms with van der Waals surface area (Å²) in [6, 6.07) is 3.01. The summed E-state index contributed by atoms with van der Waals surface area (Å²) in [7, 11) is 1.49. The SMILES string of the molecule is COc1ccc(C(N)=O)c(O)c1I. The average Bonchev–Trinajstić information content (AvgIpc) is 2.09. The summed E-state index contributed by atoms with van der Waals surface area (Å²) in [6.45, 7) is 0. The maximum absolute atomic E-state index is 10.8. The number of hydrogen-bond donors (Lipinski definition) is 2. The lowest BCUT2D eigenvalue weighted by Crippen LogP contribution is -2.11. The molecule has 1 aromatic rings. The second kappa shape index (κ2) is 3.82. The largest absolute Gasteiger partial charge is 0.506 e. The second-order valence-electron chi connectivity index (χ2n) is 2.34. The first kappa shape index (κ1) is 10.1. The van der Waals surface area contributed by atoms with E-state index in [9.17, 15) is 9.90 Å². The summed E-state index contributed by atoms with van der Waals surface area (Å²) >= 11 is 1.88. The lowest BCUT2D eigenvalue weighted by Gasteiger charge is -2.07. The van der Waals surface area contributed by atoms with E-state index in [1.807, 2.05) is 22.6 Å². The van der Waals surface area contributed by atoms with Gasteiger partial charge in [-0.15, -0.1) is 0 Å². The maximum atomic E-state index is 10.8. The van der Waals surface area contributed by atoms with Gasteiger partial charge in [0.25, 0.3) is 5.91 Å². The number of nitrogens with two attached hydrogens (primary N) is 1. The van der Waals surface area contributed by atoms with E-state index >= 15 is 0 Å². The summed E-state index contributed by atoms with van der Waals surface area (Å²) in [5, 5.41) is 9.49. The van der Waals surface area contributed by atoms with Crippen LogP contribution in [-0.2, 0) is 0 Å². The molecular formula is C8H8INO3. The zero-order chi connectivity index (χ0) is 10.0. The van der Waals surface area contributed by atoms with E-state index in [0.29, 0.717) is 9.32 Å². The fourth-order valence-corrected chi connectivity index (χ4v) is 1.59. The van der Waals surface area contributed by atoms with Gasteiger partial charge in [-0.1, -0.05) is 0 Å². The Morgan fingerprint density at radius 3 is 2.69 bits per heavy atom. The third-order valence-electron chi connectivity index (χ3n) is 1.57. The molecule has 0 aromatic heterocycles. The first-order valence-electron chi connectivity index (χ1n) is 3.43. The Morgan fingerprint density at radius 1 is 1.62 bits per heavy atom. The summed E-state index contributed by atoms with van der Waals surface area (Å²) in [5.74, 6) is -0.270. The Kier molecular flexibility index (Phi) is 2.97. The van der Waals surface area contributed by atoms with Crippen molar-refractivity contribution in [2.24, 2.45) is 5.73 Å². The molecule has 1 aromatic carbocycles. The molecule has 0 saturated carbocycles. The van der Waals surface area contributed by atoms with Gasteiger partial charge in [-0.2, -0.15) is 0 Å². The highest BCUT2D eigenvalue weighted by atomic mass is 127. The van der Waals surface area contributed by atoms with E-state index in [-0.39, 0.29) is 11.3 Å². The molecule has 0 unspecified atom stereocenters. The standard InChI is InChI=1S/C8H8INO3/c1-13-5-3-2-4(8(10)12)7(11)6(5)9/h2-3,11H,1H3,(H2,10,12). The fourth-order valence-electron chi connectivity index (χ4n) is 0.903. The molecule has 0 bridgehead atoms. The van der Waals surface area contributed by atoms with Gasteiger partial charge < -0.3 is 15.6 Å². The molecule has 0 saturated heterocycles. The Hall–Kier alpha value is -0.980. The molecule has 0 aliphatic heterocycles. The molecule has 1 amide bonds. The highest BCUT2D eigenvalue weighted by molar-refractivity contribution is 14.1. The van der Waals surface area contributed by atoms with Crippen LogP contribution in [0, 0.1) is 3.57 Å². The number of ether oxygens (including phenoxy) is 1. The van der Waals surface area contributed by atoms with Crippen LogP contribution in [0.1, 0.15) is 10.4 Å². The maximum Gasteiger partial charge on any atom is 0.252 e. The van der Waals surface area contributed by atoms with E-state index in [2.05, 4.69) is 0 Å². The number of rotatable bonds is 2. The third kappa shape index (κ3) is 1.85. The number of aromatic hydroxyl groups is 1. The lowest BCUT2D eigenvalue weighted by molar-refractivity contribution is 0.0997. The Bertz CT molecular complexity index is 351. The zero-order valence-corrected chi connectivity index (χ0v) is 9.03. The van der Waals surface area contributed by atoms with Crippen LogP contribution < -0.4 is 10.5 Å². The van der Waals surface area contributed by atoms with Crippen molar-refractivity contribution in [1.29, 1.82) is 0 Å². The number of carbonyl (C=O) groups is 1. The number of benzene rings is 1. The van der Waals surface area contributed by atoms with Gasteiger partial charge in [0.2, 0.25) is 0 Å². The summed E-state index contributed by atoms with van der Waals surface area (Å²) in [6.07, 6.45) is 0. The molecule has 0 spiro atoms. The quantitative estimate of drug-likeness (QED) is 0.802. The van der Waals surface area contributed by atoms with Gasteiger partial charge in [-0.3, -0.25) is 4.79 Å². The molecule has 0 fully saturated rings. The minimum Gasteiger partial charge on any atom is -0.506 e. The van der Waals surface area contributed by atoms with E-state index in [1.54, 1.807) is 6.07 Å². The number of methoxy groups -OCH3 is 1. The van der Waals surface area contributed by atoms with Crippen LogP contribution in [0.5, 0.6) is 11.5 Å². The molecule has 4 nitrogen and oxygen atoms in total. The second-order valence-corrected chi connectivity index (χ2v) is 3.42. The summed E-state index contributed by atoms with van der Waals surface area (Å²) in [4.78, 5) is 10.8. The number of carbonyl (C=O) groups excluding carboxylic acids is 1. The third-order valence-corrected chi connectivity index (χ3v) is 2.61. The first-order valence-corrected chi connectivity index (χ1v) is 4.51. The van der Waals surface area contributed by atoms with Crippen molar-refractivity contribution in [2.75, 3.05) is 7.11 Å². The number of hydrogen-bond acceptors (Lipinski definition) is 3. The molecule has 0 radical (unpaired) electrons. The van der Waals surface area contributed by atoms with E-state index in [1.165, 1.54) is 13.2 Å². The minimum absolute atomic E-state index is 0.102. The van der Waals surface area contributed by atoms with Crippen LogP contribution in [0.3, 0.4) is 0 Å². The van der Waals surface area contributed by atoms with Gasteiger partial charge in [0.1, 0.15) is 11.5 Å². The van der Waals surface area contributed by atoms with Crippen LogP contribution in [0.15, 0.2) is 12.1 Å². The molecule has 0 aliphatic carbocycles. The van der Waals surface area contributed by atoms with Crippen molar-refractivity contribution in [3.8, 4) is 11.5 Å². The molecule has 3 N–H and O–H groups in total. The number of primary amides is 1. The van der Waals surface area contributed by atoms with Crippen LogP contribution in [0.2, 0.25) is 0 Å². The summed E-state index contributed by atoms with van der Waals surface area (Å²) in [5.41, 5.74) is 5.13. The van der Waals surface area contributed by atoms with Gasteiger partial charge in [-0.05, 0) is 34.7 Å². The van der Waals surface area contributed by atoms with Crippen LogP contribution >= 0.6 is 22.6 Å². The Balaban J connectivity index is 3.31. The molecule has 5 heteroatoms. The molecule has 0 aliphatic rings. The lowest BCUT2D eigenvalue weighted by atomic mass is 10.2. The van der Waals surface area contributed by atoms with E-state index in [0.717, 1.165) is 0 Å². The van der Waals surface area contributed by atoms with E-state index < -0.39 is 5.91 Å². The van der Waals surface area contributed by atoms with Crippen molar-refractivity contribution in [2.45, 2.75) is 0 Å². The van der Waals surface area contributed by atoms with Gasteiger partial charge in [0.15, 0.2) is 0 Å². The number of phenols is 1. The molecule has 0 atom stereocenters. The monoisotopic (exact) mass is 293 g/mol. The summed E-state index contributed by atoms with van der Waals surface area (Å²) < 4.78 is 5.42.